The smallest absolute Gasteiger partial charge is 0.374 e. The van der Waals surface area contributed by atoms with Gasteiger partial charge in [0.2, 0.25) is 5.82 Å². The largest absolute Gasteiger partial charge is 0.431 e. The second-order valence-electron chi connectivity index (χ2n) is 6.72. The van der Waals surface area contributed by atoms with E-state index in [0.29, 0.717) is 10.5 Å². The number of rotatable bonds is 6. The molecular formula is C21H14Cl2N6O4. The first kappa shape index (κ1) is 22.2. The number of hydrogen-bond donors (Lipinski definition) is 2. The first-order valence-electron chi connectivity index (χ1n) is 9.38. The summed E-state index contributed by atoms with van der Waals surface area (Å²) in [5.74, 6) is -0.985. The molecule has 166 valence electrons. The van der Waals surface area contributed by atoms with E-state index in [1.807, 2.05) is 25.1 Å². The lowest BCUT2D eigenvalue weighted by Gasteiger charge is -2.12. The van der Waals surface area contributed by atoms with E-state index in [1.165, 1.54) is 18.2 Å². The predicted molar refractivity (Wildman–Crippen MR) is 123 cm³/mol. The van der Waals surface area contributed by atoms with Crippen LogP contribution in [0.3, 0.4) is 0 Å². The van der Waals surface area contributed by atoms with Crippen molar-refractivity contribution in [3.05, 3.63) is 86.3 Å². The molecule has 0 saturated heterocycles. The number of aryl methyl sites for hydroxylation is 1. The molecule has 0 bridgehead atoms. The van der Waals surface area contributed by atoms with Gasteiger partial charge in [-0.1, -0.05) is 41.4 Å². The van der Waals surface area contributed by atoms with Crippen molar-refractivity contribution in [2.24, 2.45) is 0 Å². The van der Waals surface area contributed by atoms with Gasteiger partial charge in [0.25, 0.3) is 5.91 Å². The molecule has 0 saturated carbocycles. The Bertz CT molecular complexity index is 1400. The average molecular weight is 485 g/mol. The number of pyridine rings is 1. The van der Waals surface area contributed by atoms with Crippen LogP contribution in [-0.2, 0) is 0 Å². The number of halogens is 2. The third kappa shape index (κ3) is 4.76. The zero-order valence-corrected chi connectivity index (χ0v) is 18.4. The highest BCUT2D eigenvalue weighted by Crippen LogP contribution is 2.36. The standard InChI is InChI=1S/C21H14Cl2N6O4/c1-11-5-6-12-3-2-4-16(17(12)26-11)33-21-18(29(31)32)19(24-10-25-21)27-28-20(30)14-8-7-13(22)9-15(14)23/h2-10H,1H3,(H,28,30)(H,24,25,27). The Morgan fingerprint density at radius 1 is 1.12 bits per heavy atom. The molecule has 0 aliphatic heterocycles. The number of fused-ring (bicyclic) bond motifs is 1. The molecule has 0 aliphatic carbocycles. The third-order valence-corrected chi connectivity index (χ3v) is 5.02. The Labute approximate surface area is 196 Å². The summed E-state index contributed by atoms with van der Waals surface area (Å²) in [6.45, 7) is 1.82. The zero-order valence-electron chi connectivity index (χ0n) is 16.9. The summed E-state index contributed by atoms with van der Waals surface area (Å²) < 4.78 is 5.76. The van der Waals surface area contributed by atoms with Crippen molar-refractivity contribution >= 4 is 51.5 Å². The summed E-state index contributed by atoms with van der Waals surface area (Å²) in [6, 6.07) is 13.2. The van der Waals surface area contributed by atoms with E-state index < -0.39 is 16.5 Å². The molecule has 0 radical (unpaired) electrons. The van der Waals surface area contributed by atoms with Gasteiger partial charge in [0, 0.05) is 16.1 Å². The topological polar surface area (TPSA) is 132 Å². The van der Waals surface area contributed by atoms with Crippen LogP contribution < -0.4 is 15.6 Å². The molecule has 4 aromatic rings. The Kier molecular flexibility index (Phi) is 6.20. The molecule has 0 atom stereocenters. The van der Waals surface area contributed by atoms with Crippen molar-refractivity contribution in [2.75, 3.05) is 5.43 Å². The first-order valence-corrected chi connectivity index (χ1v) is 10.1. The van der Waals surface area contributed by atoms with Crippen molar-refractivity contribution in [3.63, 3.8) is 0 Å². The van der Waals surface area contributed by atoms with Crippen LogP contribution >= 0.6 is 23.2 Å². The number of amides is 1. The van der Waals surface area contributed by atoms with E-state index in [2.05, 4.69) is 25.8 Å². The van der Waals surface area contributed by atoms with E-state index in [-0.39, 0.29) is 28.0 Å². The second-order valence-corrected chi connectivity index (χ2v) is 7.56. The molecule has 10 nitrogen and oxygen atoms in total. The van der Waals surface area contributed by atoms with Crippen molar-refractivity contribution in [1.29, 1.82) is 0 Å². The summed E-state index contributed by atoms with van der Waals surface area (Å²) in [7, 11) is 0. The number of nitrogens with one attached hydrogen (secondary N) is 2. The third-order valence-electron chi connectivity index (χ3n) is 4.47. The number of carbonyl (C=O) groups excluding carboxylic acids is 1. The van der Waals surface area contributed by atoms with Crippen LogP contribution in [0.25, 0.3) is 10.9 Å². The van der Waals surface area contributed by atoms with Gasteiger partial charge in [-0.25, -0.2) is 9.97 Å². The highest BCUT2D eigenvalue weighted by molar-refractivity contribution is 6.36. The van der Waals surface area contributed by atoms with Crippen LogP contribution in [-0.4, -0.2) is 25.8 Å². The lowest BCUT2D eigenvalue weighted by Crippen LogP contribution is -2.30. The van der Waals surface area contributed by atoms with Gasteiger partial charge < -0.3 is 4.74 Å². The molecule has 0 aliphatic rings. The number of para-hydroxylation sites is 1. The fourth-order valence-corrected chi connectivity index (χ4v) is 3.45. The van der Waals surface area contributed by atoms with Gasteiger partial charge in [0.15, 0.2) is 5.75 Å². The molecule has 0 fully saturated rings. The number of hydrogen-bond acceptors (Lipinski definition) is 8. The van der Waals surface area contributed by atoms with Gasteiger partial charge in [0.1, 0.15) is 11.8 Å². The Balaban J connectivity index is 1.63. The molecule has 0 unspecified atom stereocenters. The van der Waals surface area contributed by atoms with Crippen LogP contribution in [0, 0.1) is 17.0 Å². The quantitative estimate of drug-likeness (QED) is 0.285. The van der Waals surface area contributed by atoms with E-state index in [1.54, 1.807) is 12.1 Å². The van der Waals surface area contributed by atoms with Gasteiger partial charge >= 0.3 is 11.6 Å². The zero-order chi connectivity index (χ0) is 23.5. The van der Waals surface area contributed by atoms with Crippen molar-refractivity contribution in [3.8, 4) is 11.6 Å². The SMILES string of the molecule is Cc1ccc2cccc(Oc3ncnc(NNC(=O)c4ccc(Cl)cc4Cl)c3[N+](=O)[O-])c2n1. The van der Waals surface area contributed by atoms with Gasteiger partial charge in [-0.05, 0) is 37.3 Å². The lowest BCUT2D eigenvalue weighted by molar-refractivity contribution is -0.385. The maximum absolute atomic E-state index is 12.4. The fourth-order valence-electron chi connectivity index (χ4n) is 2.95. The Morgan fingerprint density at radius 3 is 2.70 bits per heavy atom. The second kappa shape index (κ2) is 9.23. The average Bonchev–Trinajstić information content (AvgIpc) is 2.77. The van der Waals surface area contributed by atoms with Gasteiger partial charge in [-0.2, -0.15) is 4.98 Å². The number of benzene rings is 2. The van der Waals surface area contributed by atoms with Crippen LogP contribution in [0.2, 0.25) is 10.0 Å². The molecule has 2 heterocycles. The van der Waals surface area contributed by atoms with E-state index in [4.69, 9.17) is 27.9 Å². The molecule has 1 amide bonds. The molecule has 2 aromatic carbocycles. The molecule has 12 heteroatoms. The molecule has 33 heavy (non-hydrogen) atoms. The summed E-state index contributed by atoms with van der Waals surface area (Å²) in [6.07, 6.45) is 1.07. The molecule has 2 aromatic heterocycles. The summed E-state index contributed by atoms with van der Waals surface area (Å²) >= 11 is 11.9. The highest BCUT2D eigenvalue weighted by Gasteiger charge is 2.26. The molecule has 2 N–H and O–H groups in total. The maximum atomic E-state index is 12.4. The predicted octanol–water partition coefficient (Wildman–Crippen LogP) is 5.10. The molecule has 4 rings (SSSR count). The van der Waals surface area contributed by atoms with Crippen LogP contribution in [0.15, 0.2) is 54.9 Å². The molecule has 0 spiro atoms. The van der Waals surface area contributed by atoms with E-state index in [9.17, 15) is 14.9 Å². The maximum Gasteiger partial charge on any atom is 0.374 e. The fraction of sp³-hybridized carbons (Fsp3) is 0.0476. The van der Waals surface area contributed by atoms with Gasteiger partial charge in [-0.3, -0.25) is 25.8 Å². The first-order chi connectivity index (χ1) is 15.8. The Morgan fingerprint density at radius 2 is 1.94 bits per heavy atom. The van der Waals surface area contributed by atoms with E-state index >= 15 is 0 Å². The number of hydrazine groups is 1. The number of nitrogens with zero attached hydrogens (tertiary/aromatic N) is 4. The number of anilines is 1. The summed E-state index contributed by atoms with van der Waals surface area (Å²) in [5.41, 5.74) is 5.55. The summed E-state index contributed by atoms with van der Waals surface area (Å²) in [4.78, 5) is 35.7. The van der Waals surface area contributed by atoms with Crippen LogP contribution in [0.1, 0.15) is 16.1 Å². The summed E-state index contributed by atoms with van der Waals surface area (Å²) in [5, 5.41) is 13.1. The number of ether oxygens (including phenoxy) is 1. The lowest BCUT2D eigenvalue weighted by atomic mass is 10.2. The molecular weight excluding hydrogens is 471 g/mol. The van der Waals surface area contributed by atoms with Crippen LogP contribution in [0.5, 0.6) is 11.6 Å². The van der Waals surface area contributed by atoms with Crippen molar-refractivity contribution < 1.29 is 14.5 Å². The number of carbonyl (C=O) groups is 1. The minimum atomic E-state index is -0.719. The normalized spacial score (nSPS) is 10.6. The van der Waals surface area contributed by atoms with E-state index in [0.717, 1.165) is 17.4 Å². The minimum Gasteiger partial charge on any atom is -0.431 e. The Hall–Kier alpha value is -4.02. The van der Waals surface area contributed by atoms with Gasteiger partial charge in [0.05, 0.1) is 15.5 Å². The number of nitro groups is 1. The van der Waals surface area contributed by atoms with Crippen molar-refractivity contribution in [1.82, 2.24) is 20.4 Å². The number of aromatic nitrogens is 3. The van der Waals surface area contributed by atoms with Crippen LogP contribution in [0.4, 0.5) is 11.5 Å². The highest BCUT2D eigenvalue weighted by atomic mass is 35.5. The monoisotopic (exact) mass is 484 g/mol. The van der Waals surface area contributed by atoms with Gasteiger partial charge in [-0.15, -0.1) is 0 Å². The minimum absolute atomic E-state index is 0.110. The van der Waals surface area contributed by atoms with Crippen molar-refractivity contribution in [2.45, 2.75) is 6.92 Å².